The largest absolute Gasteiger partial charge is 0.340 e. The summed E-state index contributed by atoms with van der Waals surface area (Å²) in [4.78, 5) is 0.952. The van der Waals surface area contributed by atoms with Crippen LogP contribution in [0.25, 0.3) is 0 Å². The van der Waals surface area contributed by atoms with Gasteiger partial charge in [0.05, 0.1) is 4.88 Å². The average Bonchev–Trinajstić information content (AvgIpc) is 3.17. The first-order chi connectivity index (χ1) is 12.3. The number of thiophene rings is 1. The lowest BCUT2D eigenvalue weighted by Crippen LogP contribution is -2.20. The predicted octanol–water partition coefficient (Wildman–Crippen LogP) is 5.40. The summed E-state index contributed by atoms with van der Waals surface area (Å²) in [5.41, 5.74) is 3.62. The first kappa shape index (κ1) is 23.2. The number of hydrogen-bond acceptors (Lipinski definition) is 3. The highest BCUT2D eigenvalue weighted by Gasteiger charge is 2.03. The summed E-state index contributed by atoms with van der Waals surface area (Å²) in [6.07, 6.45) is 2.04. The zero-order valence-corrected chi connectivity index (χ0v) is 17.4. The van der Waals surface area contributed by atoms with E-state index in [0.717, 1.165) is 36.5 Å². The molecule has 0 spiro atoms. The van der Waals surface area contributed by atoms with E-state index < -0.39 is 0 Å². The fourth-order valence-electron chi connectivity index (χ4n) is 2.67. The van der Waals surface area contributed by atoms with E-state index in [1.165, 1.54) is 11.1 Å². The Labute approximate surface area is 177 Å². The highest BCUT2D eigenvalue weighted by Crippen LogP contribution is 2.15. The van der Waals surface area contributed by atoms with E-state index in [1.807, 2.05) is 29.6 Å². The molecule has 0 atom stereocenters. The molecule has 0 aliphatic heterocycles. The smallest absolute Gasteiger partial charge is 0.140 e. The molecule has 0 aliphatic rings. The SMILES string of the molecule is Cl.Cl.N=C(Nc1cccc(CCNCCc2ccccc2)c1)c1cccs1. The van der Waals surface area contributed by atoms with Gasteiger partial charge in [0.25, 0.3) is 0 Å². The van der Waals surface area contributed by atoms with Gasteiger partial charge in [-0.3, -0.25) is 5.41 Å². The molecule has 6 heteroatoms. The van der Waals surface area contributed by atoms with Crippen molar-refractivity contribution in [1.82, 2.24) is 5.32 Å². The summed E-state index contributed by atoms with van der Waals surface area (Å²) in [5, 5.41) is 16.8. The first-order valence-corrected chi connectivity index (χ1v) is 9.42. The molecule has 0 fully saturated rings. The van der Waals surface area contributed by atoms with E-state index in [1.54, 1.807) is 11.3 Å². The number of amidine groups is 1. The standard InChI is InChI=1S/C21H23N3S.2ClH/c22-21(20-10-5-15-25-20)24-19-9-4-8-18(16-19)12-14-23-13-11-17-6-2-1-3-7-17;;/h1-10,15-16,23H,11-14H2,(H2,22,24);2*1H. The van der Waals surface area contributed by atoms with E-state index in [2.05, 4.69) is 53.1 Å². The topological polar surface area (TPSA) is 47.9 Å². The fourth-order valence-corrected chi connectivity index (χ4v) is 3.30. The minimum Gasteiger partial charge on any atom is -0.340 e. The predicted molar refractivity (Wildman–Crippen MR) is 122 cm³/mol. The quantitative estimate of drug-likeness (QED) is 0.259. The molecule has 1 heterocycles. The Kier molecular flexibility index (Phi) is 10.8. The Morgan fingerprint density at radius 2 is 1.52 bits per heavy atom. The van der Waals surface area contributed by atoms with Crippen LogP contribution in [0.15, 0.2) is 72.1 Å². The van der Waals surface area contributed by atoms with Gasteiger partial charge in [-0.15, -0.1) is 36.2 Å². The second-order valence-electron chi connectivity index (χ2n) is 5.91. The Bertz CT molecular complexity index is 792. The van der Waals surface area contributed by atoms with Gasteiger partial charge in [-0.05, 0) is 60.6 Å². The molecule has 0 saturated heterocycles. The number of rotatable bonds is 8. The third-order valence-electron chi connectivity index (χ3n) is 3.99. The fraction of sp³-hybridized carbons (Fsp3) is 0.190. The van der Waals surface area contributed by atoms with Gasteiger partial charge in [-0.25, -0.2) is 0 Å². The molecule has 0 amide bonds. The van der Waals surface area contributed by atoms with Crippen molar-refractivity contribution in [3.8, 4) is 0 Å². The van der Waals surface area contributed by atoms with E-state index in [-0.39, 0.29) is 24.8 Å². The van der Waals surface area contributed by atoms with Crippen molar-refractivity contribution in [1.29, 1.82) is 5.41 Å². The van der Waals surface area contributed by atoms with E-state index >= 15 is 0 Å². The molecule has 0 aliphatic carbocycles. The maximum atomic E-state index is 8.12. The maximum Gasteiger partial charge on any atom is 0.140 e. The number of halogens is 2. The Balaban J connectivity index is 0.00000182. The van der Waals surface area contributed by atoms with Crippen LogP contribution in [-0.4, -0.2) is 18.9 Å². The van der Waals surface area contributed by atoms with Crippen LogP contribution in [0, 0.1) is 5.41 Å². The molecule has 27 heavy (non-hydrogen) atoms. The maximum absolute atomic E-state index is 8.12. The van der Waals surface area contributed by atoms with Crippen LogP contribution in [0.3, 0.4) is 0 Å². The molecule has 144 valence electrons. The highest BCUT2D eigenvalue weighted by atomic mass is 35.5. The molecule has 1 aromatic heterocycles. The summed E-state index contributed by atoms with van der Waals surface area (Å²) in [6.45, 7) is 1.95. The van der Waals surface area contributed by atoms with Crippen LogP contribution in [0.5, 0.6) is 0 Å². The highest BCUT2D eigenvalue weighted by molar-refractivity contribution is 7.12. The molecule has 0 radical (unpaired) electrons. The molecule has 3 nitrogen and oxygen atoms in total. The van der Waals surface area contributed by atoms with Gasteiger partial charge < -0.3 is 10.6 Å². The van der Waals surface area contributed by atoms with Gasteiger partial charge in [0.1, 0.15) is 5.84 Å². The van der Waals surface area contributed by atoms with Crippen molar-refractivity contribution in [3.05, 3.63) is 88.1 Å². The molecule has 0 saturated carbocycles. The summed E-state index contributed by atoms with van der Waals surface area (Å²) in [7, 11) is 0. The van der Waals surface area contributed by atoms with E-state index in [4.69, 9.17) is 5.41 Å². The molecular formula is C21H25Cl2N3S. The van der Waals surface area contributed by atoms with Crippen LogP contribution in [0.2, 0.25) is 0 Å². The molecule has 3 aromatic rings. The molecule has 0 bridgehead atoms. The van der Waals surface area contributed by atoms with Crippen LogP contribution >= 0.6 is 36.2 Å². The number of benzene rings is 2. The molecule has 3 N–H and O–H groups in total. The Morgan fingerprint density at radius 1 is 0.815 bits per heavy atom. The lowest BCUT2D eigenvalue weighted by atomic mass is 10.1. The minimum absolute atomic E-state index is 0. The molecule has 2 aromatic carbocycles. The van der Waals surface area contributed by atoms with Gasteiger partial charge in [0, 0.05) is 5.69 Å². The Hall–Kier alpha value is -1.85. The zero-order chi connectivity index (χ0) is 17.3. The molecule has 0 unspecified atom stereocenters. The third kappa shape index (κ3) is 7.73. The van der Waals surface area contributed by atoms with Crippen LogP contribution in [0.1, 0.15) is 16.0 Å². The monoisotopic (exact) mass is 421 g/mol. The van der Waals surface area contributed by atoms with Crippen molar-refractivity contribution in [2.24, 2.45) is 0 Å². The van der Waals surface area contributed by atoms with E-state index in [0.29, 0.717) is 5.84 Å². The van der Waals surface area contributed by atoms with Crippen molar-refractivity contribution in [3.63, 3.8) is 0 Å². The van der Waals surface area contributed by atoms with Crippen LogP contribution < -0.4 is 10.6 Å². The normalized spacial score (nSPS) is 9.78. The molecular weight excluding hydrogens is 397 g/mol. The van der Waals surface area contributed by atoms with Gasteiger partial charge >= 0.3 is 0 Å². The van der Waals surface area contributed by atoms with Crippen molar-refractivity contribution >= 4 is 47.7 Å². The number of anilines is 1. The van der Waals surface area contributed by atoms with Crippen molar-refractivity contribution < 1.29 is 0 Å². The lowest BCUT2D eigenvalue weighted by molar-refractivity contribution is 0.682. The van der Waals surface area contributed by atoms with E-state index in [9.17, 15) is 0 Å². The van der Waals surface area contributed by atoms with Gasteiger partial charge in [-0.2, -0.15) is 0 Å². The van der Waals surface area contributed by atoms with Crippen molar-refractivity contribution in [2.45, 2.75) is 12.8 Å². The van der Waals surface area contributed by atoms with Gasteiger partial charge in [-0.1, -0.05) is 48.5 Å². The van der Waals surface area contributed by atoms with Gasteiger partial charge in [0.2, 0.25) is 0 Å². The second-order valence-corrected chi connectivity index (χ2v) is 6.86. The summed E-state index contributed by atoms with van der Waals surface area (Å²) in [5.74, 6) is 0.452. The van der Waals surface area contributed by atoms with Gasteiger partial charge in [0.15, 0.2) is 0 Å². The van der Waals surface area contributed by atoms with Crippen LogP contribution in [0.4, 0.5) is 5.69 Å². The molecule has 3 rings (SSSR count). The third-order valence-corrected chi connectivity index (χ3v) is 4.87. The Morgan fingerprint density at radius 3 is 2.22 bits per heavy atom. The summed E-state index contributed by atoms with van der Waals surface area (Å²) < 4.78 is 0. The second kappa shape index (κ2) is 12.5. The number of hydrogen-bond donors (Lipinski definition) is 3. The van der Waals surface area contributed by atoms with Crippen molar-refractivity contribution in [2.75, 3.05) is 18.4 Å². The minimum atomic E-state index is 0. The zero-order valence-electron chi connectivity index (χ0n) is 15.0. The lowest BCUT2D eigenvalue weighted by Gasteiger charge is -2.09. The average molecular weight is 422 g/mol. The summed E-state index contributed by atoms with van der Waals surface area (Å²) >= 11 is 1.57. The van der Waals surface area contributed by atoms with Crippen LogP contribution in [-0.2, 0) is 12.8 Å². The number of nitrogens with one attached hydrogen (secondary N) is 3. The first-order valence-electron chi connectivity index (χ1n) is 8.54. The summed E-state index contributed by atoms with van der Waals surface area (Å²) in [6, 6.07) is 22.8.